The summed E-state index contributed by atoms with van der Waals surface area (Å²) in [7, 11) is 0. The van der Waals surface area contributed by atoms with Gasteiger partial charge in [-0.15, -0.1) is 10.2 Å². The van der Waals surface area contributed by atoms with Crippen LogP contribution in [-0.2, 0) is 16.1 Å². The first-order chi connectivity index (χ1) is 15.4. The zero-order valence-electron chi connectivity index (χ0n) is 17.6. The molecule has 1 atom stereocenters. The van der Waals surface area contributed by atoms with Crippen LogP contribution in [0.1, 0.15) is 25.8 Å². The van der Waals surface area contributed by atoms with E-state index in [1.165, 1.54) is 0 Å². The van der Waals surface area contributed by atoms with Gasteiger partial charge in [0.05, 0.1) is 18.6 Å². The summed E-state index contributed by atoms with van der Waals surface area (Å²) in [4.78, 5) is 37.0. The molecule has 0 unspecified atom stereocenters. The number of imide groups is 1. The normalized spacial score (nSPS) is 18.1. The molecule has 0 saturated carbocycles. The lowest BCUT2D eigenvalue weighted by molar-refractivity contribution is -0.137. The molecule has 1 aliphatic rings. The van der Waals surface area contributed by atoms with E-state index in [-0.39, 0.29) is 5.75 Å². The number of hydrazine groups is 1. The molecule has 1 aliphatic heterocycles. The molecule has 4 rings (SSSR count). The molecular weight excluding hydrogens is 432 g/mol. The molecule has 1 aromatic carbocycles. The van der Waals surface area contributed by atoms with Crippen LogP contribution in [0.2, 0.25) is 0 Å². The highest BCUT2D eigenvalue weighted by atomic mass is 32.2. The highest BCUT2D eigenvalue weighted by Gasteiger charge is 2.47. The third-order valence-corrected chi connectivity index (χ3v) is 6.15. The van der Waals surface area contributed by atoms with Gasteiger partial charge >= 0.3 is 6.03 Å². The van der Waals surface area contributed by atoms with Crippen LogP contribution in [0.3, 0.4) is 0 Å². The van der Waals surface area contributed by atoms with E-state index in [9.17, 15) is 14.4 Å². The molecule has 1 saturated heterocycles. The standard InChI is InChI=1S/C21H22N6O4S/c1-3-21(2)18(29)27(19(30)22-21)25-16(28)13-32-20-24-23-17(15-10-7-11-31-15)26(20)12-14-8-5-4-6-9-14/h4-11H,3,12-13H2,1-2H3,(H,22,30)(H,25,28)/t21-/m0/s1. The number of nitrogens with zero attached hydrogens (tertiary/aromatic N) is 4. The van der Waals surface area contributed by atoms with Crippen LogP contribution in [0.25, 0.3) is 11.6 Å². The maximum atomic E-state index is 12.5. The van der Waals surface area contributed by atoms with Gasteiger partial charge in [-0.3, -0.25) is 19.6 Å². The fraction of sp³-hybridized carbons (Fsp3) is 0.286. The van der Waals surface area contributed by atoms with Gasteiger partial charge in [0.2, 0.25) is 11.7 Å². The monoisotopic (exact) mass is 454 g/mol. The first-order valence-corrected chi connectivity index (χ1v) is 11.0. The summed E-state index contributed by atoms with van der Waals surface area (Å²) >= 11 is 1.15. The number of hydrogen-bond acceptors (Lipinski definition) is 7. The summed E-state index contributed by atoms with van der Waals surface area (Å²) in [6, 6.07) is 12.7. The number of furan rings is 1. The molecule has 4 amide bonds. The van der Waals surface area contributed by atoms with Crippen molar-refractivity contribution in [2.45, 2.75) is 37.5 Å². The van der Waals surface area contributed by atoms with E-state index in [2.05, 4.69) is 20.9 Å². The fourth-order valence-corrected chi connectivity index (χ4v) is 3.93. The predicted molar refractivity (Wildman–Crippen MR) is 116 cm³/mol. The summed E-state index contributed by atoms with van der Waals surface area (Å²) in [5, 5.41) is 12.3. The van der Waals surface area contributed by atoms with Gasteiger partial charge < -0.3 is 9.73 Å². The Labute approximate surface area is 188 Å². The molecule has 32 heavy (non-hydrogen) atoms. The number of hydrogen-bond donors (Lipinski definition) is 2. The van der Waals surface area contributed by atoms with Gasteiger partial charge in [-0.2, -0.15) is 5.01 Å². The van der Waals surface area contributed by atoms with Crippen LogP contribution < -0.4 is 10.7 Å². The van der Waals surface area contributed by atoms with E-state index in [4.69, 9.17) is 4.42 Å². The second kappa shape index (κ2) is 8.87. The van der Waals surface area contributed by atoms with Crippen molar-refractivity contribution in [2.75, 3.05) is 5.75 Å². The first-order valence-electron chi connectivity index (χ1n) is 10.0. The van der Waals surface area contributed by atoms with Crippen molar-refractivity contribution in [3.8, 4) is 11.6 Å². The third-order valence-electron chi connectivity index (χ3n) is 5.18. The number of carbonyl (C=O) groups excluding carboxylic acids is 3. The number of thioether (sulfide) groups is 1. The Bertz CT molecular complexity index is 1130. The van der Waals surface area contributed by atoms with E-state index >= 15 is 0 Å². The predicted octanol–water partition coefficient (Wildman–Crippen LogP) is 2.43. The Morgan fingerprint density at radius 2 is 1.97 bits per heavy atom. The summed E-state index contributed by atoms with van der Waals surface area (Å²) in [5.41, 5.74) is 2.39. The molecule has 0 aliphatic carbocycles. The lowest BCUT2D eigenvalue weighted by Gasteiger charge is -2.19. The number of amides is 4. The van der Waals surface area contributed by atoms with Crippen molar-refractivity contribution in [1.29, 1.82) is 0 Å². The molecule has 2 aromatic heterocycles. The van der Waals surface area contributed by atoms with Gasteiger partial charge in [-0.1, -0.05) is 49.0 Å². The molecule has 0 spiro atoms. The Hall–Kier alpha value is -3.60. The third kappa shape index (κ3) is 4.24. The maximum absolute atomic E-state index is 12.5. The average Bonchev–Trinajstić information content (AvgIpc) is 3.50. The molecule has 2 N–H and O–H groups in total. The van der Waals surface area contributed by atoms with E-state index in [0.29, 0.717) is 29.7 Å². The number of benzene rings is 1. The average molecular weight is 455 g/mol. The summed E-state index contributed by atoms with van der Waals surface area (Å²) in [6.45, 7) is 3.89. The van der Waals surface area contributed by atoms with Gasteiger partial charge in [0.1, 0.15) is 5.54 Å². The second-order valence-electron chi connectivity index (χ2n) is 7.44. The maximum Gasteiger partial charge on any atom is 0.344 e. The van der Waals surface area contributed by atoms with Gasteiger partial charge in [0.25, 0.3) is 5.91 Å². The molecule has 11 heteroatoms. The zero-order valence-corrected chi connectivity index (χ0v) is 18.4. The minimum absolute atomic E-state index is 0.0645. The highest BCUT2D eigenvalue weighted by molar-refractivity contribution is 7.99. The summed E-state index contributed by atoms with van der Waals surface area (Å²) in [5.74, 6) is 0.0335. The molecule has 3 aromatic rings. The molecular formula is C21H22N6O4S. The van der Waals surface area contributed by atoms with Crippen molar-refractivity contribution < 1.29 is 18.8 Å². The van der Waals surface area contributed by atoms with Crippen LogP contribution in [-0.4, -0.2) is 48.9 Å². The molecule has 10 nitrogen and oxygen atoms in total. The van der Waals surface area contributed by atoms with Gasteiger partial charge in [-0.25, -0.2) is 4.79 Å². The highest BCUT2D eigenvalue weighted by Crippen LogP contribution is 2.26. The van der Waals surface area contributed by atoms with Gasteiger partial charge in [0, 0.05) is 0 Å². The Balaban J connectivity index is 1.48. The van der Waals surface area contributed by atoms with E-state index in [1.54, 1.807) is 32.2 Å². The molecule has 0 radical (unpaired) electrons. The number of carbonyl (C=O) groups is 3. The van der Waals surface area contributed by atoms with Crippen molar-refractivity contribution >= 4 is 29.6 Å². The van der Waals surface area contributed by atoms with Crippen LogP contribution in [0, 0.1) is 0 Å². The van der Waals surface area contributed by atoms with Crippen molar-refractivity contribution in [1.82, 2.24) is 30.5 Å². The van der Waals surface area contributed by atoms with E-state index < -0.39 is 23.4 Å². The van der Waals surface area contributed by atoms with Crippen LogP contribution in [0.4, 0.5) is 4.79 Å². The summed E-state index contributed by atoms with van der Waals surface area (Å²) in [6.07, 6.45) is 1.97. The minimum Gasteiger partial charge on any atom is -0.461 e. The Morgan fingerprint density at radius 1 is 1.19 bits per heavy atom. The number of urea groups is 1. The smallest absolute Gasteiger partial charge is 0.344 e. The van der Waals surface area contributed by atoms with E-state index in [1.807, 2.05) is 34.9 Å². The topological polar surface area (TPSA) is 122 Å². The first kappa shape index (κ1) is 21.6. The molecule has 1 fully saturated rings. The van der Waals surface area contributed by atoms with Crippen LogP contribution >= 0.6 is 11.8 Å². The van der Waals surface area contributed by atoms with Crippen LogP contribution in [0.15, 0.2) is 58.3 Å². The second-order valence-corrected chi connectivity index (χ2v) is 8.38. The molecule has 0 bridgehead atoms. The molecule has 3 heterocycles. The number of nitrogens with one attached hydrogen (secondary N) is 2. The Morgan fingerprint density at radius 3 is 2.62 bits per heavy atom. The summed E-state index contributed by atoms with van der Waals surface area (Å²) < 4.78 is 7.33. The minimum atomic E-state index is -1.02. The van der Waals surface area contributed by atoms with Crippen LogP contribution in [0.5, 0.6) is 0 Å². The van der Waals surface area contributed by atoms with Gasteiger partial charge in [0.15, 0.2) is 10.9 Å². The molecule has 166 valence electrons. The van der Waals surface area contributed by atoms with Gasteiger partial charge in [-0.05, 0) is 31.0 Å². The number of aromatic nitrogens is 3. The SMILES string of the molecule is CC[C@]1(C)NC(=O)N(NC(=O)CSc2nnc(-c3ccco3)n2Cc2ccccc2)C1=O. The number of rotatable bonds is 8. The zero-order chi connectivity index (χ0) is 22.7. The van der Waals surface area contributed by atoms with E-state index in [0.717, 1.165) is 22.3 Å². The fourth-order valence-electron chi connectivity index (χ4n) is 3.20. The lowest BCUT2D eigenvalue weighted by atomic mass is 10.00. The van der Waals surface area contributed by atoms with Crippen molar-refractivity contribution in [3.05, 3.63) is 54.3 Å². The largest absolute Gasteiger partial charge is 0.461 e. The van der Waals surface area contributed by atoms with Crippen molar-refractivity contribution in [2.24, 2.45) is 0 Å². The van der Waals surface area contributed by atoms with Crippen molar-refractivity contribution in [3.63, 3.8) is 0 Å². The Kier molecular flexibility index (Phi) is 5.99. The quantitative estimate of drug-likeness (QED) is 0.396. The lowest BCUT2D eigenvalue weighted by Crippen LogP contribution is -2.49.